The Balaban J connectivity index is 2.28. The lowest BCUT2D eigenvalue weighted by Crippen LogP contribution is -2.84. The second-order valence-corrected chi connectivity index (χ2v) is 4.29. The Hall–Kier alpha value is -1.92. The molecule has 1 aromatic rings. The van der Waals surface area contributed by atoms with Gasteiger partial charge in [-0.1, -0.05) is 12.6 Å². The summed E-state index contributed by atoms with van der Waals surface area (Å²) in [6.45, 7) is 8.48. The number of hydrogen-bond donors (Lipinski definition) is 1. The first-order valence-corrected chi connectivity index (χ1v) is 6.53. The van der Waals surface area contributed by atoms with E-state index < -0.39 is 4.92 Å². The first kappa shape index (κ1) is 16.1. The summed E-state index contributed by atoms with van der Waals surface area (Å²) in [6, 6.07) is 4.90. The summed E-state index contributed by atoms with van der Waals surface area (Å²) in [5.41, 5.74) is 0.822. The molecule has 0 atom stereocenters. The molecule has 0 aliphatic rings. The quantitative estimate of drug-likeness (QED) is 0.301. The molecule has 0 spiro atoms. The average Bonchev–Trinajstić information content (AvgIpc) is 2.43. The molecule has 0 radical (unpaired) electrons. The number of nitro benzene ring substituents is 1. The Morgan fingerprint density at radius 2 is 2.20 bits per heavy atom. The fourth-order valence-electron chi connectivity index (χ4n) is 1.61. The van der Waals surface area contributed by atoms with Gasteiger partial charge in [-0.15, -0.1) is 0 Å². The van der Waals surface area contributed by atoms with Gasteiger partial charge in [0, 0.05) is 6.07 Å². The molecule has 0 saturated carbocycles. The van der Waals surface area contributed by atoms with E-state index >= 15 is 0 Å². The Morgan fingerprint density at radius 1 is 1.40 bits per heavy atom. The summed E-state index contributed by atoms with van der Waals surface area (Å²) >= 11 is 0. The second kappa shape index (κ2) is 9.06. The van der Waals surface area contributed by atoms with Crippen molar-refractivity contribution >= 4 is 5.69 Å². The highest BCUT2D eigenvalue weighted by molar-refractivity contribution is 5.48. The first-order chi connectivity index (χ1) is 9.65. The summed E-state index contributed by atoms with van der Waals surface area (Å²) in [5, 5.41) is 13.0. The third-order valence-corrected chi connectivity index (χ3v) is 2.60. The van der Waals surface area contributed by atoms with Crippen molar-refractivity contribution in [1.29, 1.82) is 0 Å². The lowest BCUT2D eigenvalue weighted by molar-refractivity contribution is -0.647. The van der Waals surface area contributed by atoms with Crippen LogP contribution in [0.3, 0.4) is 0 Å². The van der Waals surface area contributed by atoms with Crippen molar-refractivity contribution in [3.8, 4) is 5.75 Å². The van der Waals surface area contributed by atoms with E-state index in [0.717, 1.165) is 18.7 Å². The van der Waals surface area contributed by atoms with Crippen LogP contribution in [0.4, 0.5) is 5.69 Å². The minimum absolute atomic E-state index is 0.00989. The van der Waals surface area contributed by atoms with Gasteiger partial charge in [-0.05, 0) is 24.6 Å². The van der Waals surface area contributed by atoms with Gasteiger partial charge >= 0.3 is 5.69 Å². The standard InChI is InChI=1S/C14H20N2O4/c1-3-6-15-7-8-19-9-10-20-14-5-4-12(2)11-13(14)16(17)18/h3-5,11,15H,1,6-10H2,2H3/p+1. The molecule has 20 heavy (non-hydrogen) atoms. The number of nitro groups is 1. The fourth-order valence-corrected chi connectivity index (χ4v) is 1.61. The highest BCUT2D eigenvalue weighted by atomic mass is 16.6. The van der Waals surface area contributed by atoms with E-state index in [1.807, 2.05) is 6.08 Å². The molecule has 0 bridgehead atoms. The first-order valence-electron chi connectivity index (χ1n) is 6.53. The number of nitrogens with zero attached hydrogens (tertiary/aromatic N) is 1. The molecule has 1 aromatic carbocycles. The Morgan fingerprint density at radius 3 is 2.90 bits per heavy atom. The van der Waals surface area contributed by atoms with Crippen LogP contribution in [0.2, 0.25) is 0 Å². The maximum absolute atomic E-state index is 10.9. The smallest absolute Gasteiger partial charge is 0.311 e. The van der Waals surface area contributed by atoms with Crippen LogP contribution >= 0.6 is 0 Å². The molecule has 0 fully saturated rings. The summed E-state index contributed by atoms with van der Waals surface area (Å²) in [4.78, 5) is 10.5. The zero-order valence-corrected chi connectivity index (χ0v) is 11.7. The van der Waals surface area contributed by atoms with Gasteiger partial charge in [-0.25, -0.2) is 0 Å². The van der Waals surface area contributed by atoms with Crippen molar-refractivity contribution < 1.29 is 19.7 Å². The van der Waals surface area contributed by atoms with Crippen LogP contribution in [0, 0.1) is 17.0 Å². The SMILES string of the molecule is C=CC[NH2+]CCOCCOc1ccc(C)cc1[N+](=O)[O-]. The van der Waals surface area contributed by atoms with Gasteiger partial charge in [0.1, 0.15) is 6.61 Å². The topological polar surface area (TPSA) is 78.2 Å². The van der Waals surface area contributed by atoms with Crippen molar-refractivity contribution in [2.24, 2.45) is 0 Å². The molecular formula is C14H21N2O4+. The molecule has 0 heterocycles. The molecule has 0 unspecified atom stereocenters. The third kappa shape index (κ3) is 5.81. The summed E-state index contributed by atoms with van der Waals surface area (Å²) in [7, 11) is 0. The van der Waals surface area contributed by atoms with Gasteiger partial charge in [0.25, 0.3) is 0 Å². The van der Waals surface area contributed by atoms with Crippen molar-refractivity contribution in [3.63, 3.8) is 0 Å². The van der Waals surface area contributed by atoms with E-state index in [1.54, 1.807) is 19.1 Å². The molecular weight excluding hydrogens is 260 g/mol. The number of ether oxygens (including phenoxy) is 2. The Bertz CT molecular complexity index is 449. The minimum Gasteiger partial charge on any atom is -0.484 e. The average molecular weight is 281 g/mol. The molecule has 0 aliphatic heterocycles. The van der Waals surface area contributed by atoms with Crippen molar-refractivity contribution in [3.05, 3.63) is 46.5 Å². The zero-order chi connectivity index (χ0) is 14.8. The van der Waals surface area contributed by atoms with Crippen LogP contribution in [-0.2, 0) is 4.74 Å². The predicted molar refractivity (Wildman–Crippen MR) is 76.0 cm³/mol. The molecule has 6 nitrogen and oxygen atoms in total. The van der Waals surface area contributed by atoms with E-state index in [2.05, 4.69) is 11.9 Å². The maximum atomic E-state index is 10.9. The van der Waals surface area contributed by atoms with E-state index in [-0.39, 0.29) is 11.4 Å². The van der Waals surface area contributed by atoms with E-state index in [1.165, 1.54) is 6.07 Å². The van der Waals surface area contributed by atoms with E-state index in [9.17, 15) is 10.1 Å². The Labute approximate surface area is 118 Å². The summed E-state index contributed by atoms with van der Waals surface area (Å²) in [5.74, 6) is 0.280. The number of rotatable bonds is 10. The Kier molecular flexibility index (Phi) is 7.31. The lowest BCUT2D eigenvalue weighted by atomic mass is 10.2. The highest BCUT2D eigenvalue weighted by Gasteiger charge is 2.14. The number of quaternary nitrogens is 1. The van der Waals surface area contributed by atoms with Crippen molar-refractivity contribution in [1.82, 2.24) is 0 Å². The highest BCUT2D eigenvalue weighted by Crippen LogP contribution is 2.27. The van der Waals surface area contributed by atoms with E-state index in [4.69, 9.17) is 9.47 Å². The van der Waals surface area contributed by atoms with Crippen LogP contribution in [0.5, 0.6) is 5.75 Å². The molecule has 0 saturated heterocycles. The second-order valence-electron chi connectivity index (χ2n) is 4.29. The number of benzene rings is 1. The normalized spacial score (nSPS) is 10.2. The molecule has 0 amide bonds. The molecule has 1 rings (SSSR count). The van der Waals surface area contributed by atoms with Crippen LogP contribution in [0.1, 0.15) is 5.56 Å². The van der Waals surface area contributed by atoms with Gasteiger partial charge in [0.05, 0.1) is 31.2 Å². The largest absolute Gasteiger partial charge is 0.484 e. The van der Waals surface area contributed by atoms with E-state index in [0.29, 0.717) is 19.8 Å². The minimum atomic E-state index is -0.437. The third-order valence-electron chi connectivity index (χ3n) is 2.60. The monoisotopic (exact) mass is 281 g/mol. The van der Waals surface area contributed by atoms with Crippen LogP contribution in [-0.4, -0.2) is 37.8 Å². The zero-order valence-electron chi connectivity index (χ0n) is 11.7. The van der Waals surface area contributed by atoms with Crippen molar-refractivity contribution in [2.75, 3.05) is 32.9 Å². The number of aryl methyl sites for hydroxylation is 1. The van der Waals surface area contributed by atoms with Crippen LogP contribution in [0.15, 0.2) is 30.9 Å². The van der Waals surface area contributed by atoms with Crippen LogP contribution in [0.25, 0.3) is 0 Å². The van der Waals surface area contributed by atoms with Gasteiger partial charge in [-0.2, -0.15) is 0 Å². The van der Waals surface area contributed by atoms with Crippen molar-refractivity contribution in [2.45, 2.75) is 6.92 Å². The van der Waals surface area contributed by atoms with Gasteiger partial charge in [0.2, 0.25) is 0 Å². The molecule has 6 heteroatoms. The lowest BCUT2D eigenvalue weighted by Gasteiger charge is -2.07. The van der Waals surface area contributed by atoms with Gasteiger partial charge in [-0.3, -0.25) is 10.1 Å². The van der Waals surface area contributed by atoms with Crippen LogP contribution < -0.4 is 10.1 Å². The molecule has 2 N–H and O–H groups in total. The summed E-state index contributed by atoms with van der Waals surface area (Å²) < 4.78 is 10.8. The summed E-state index contributed by atoms with van der Waals surface area (Å²) in [6.07, 6.45) is 1.83. The predicted octanol–water partition coefficient (Wildman–Crippen LogP) is 1.05. The molecule has 0 aromatic heterocycles. The number of nitrogens with two attached hydrogens (primary N) is 1. The van der Waals surface area contributed by atoms with Gasteiger partial charge in [0.15, 0.2) is 5.75 Å². The molecule has 0 aliphatic carbocycles. The fraction of sp³-hybridized carbons (Fsp3) is 0.429. The van der Waals surface area contributed by atoms with Gasteiger partial charge < -0.3 is 14.8 Å². The molecule has 110 valence electrons. The number of hydrogen-bond acceptors (Lipinski definition) is 4. The maximum Gasteiger partial charge on any atom is 0.311 e.